The summed E-state index contributed by atoms with van der Waals surface area (Å²) < 4.78 is 0. The third kappa shape index (κ3) is 7.69. The Morgan fingerprint density at radius 2 is 1.72 bits per heavy atom. The van der Waals surface area contributed by atoms with Crippen molar-refractivity contribution in [2.45, 2.75) is 46.6 Å². The van der Waals surface area contributed by atoms with Crippen molar-refractivity contribution in [1.29, 1.82) is 0 Å². The van der Waals surface area contributed by atoms with Crippen molar-refractivity contribution in [1.82, 2.24) is 9.80 Å². The Bertz CT molecular complexity index is 718. The minimum atomic E-state index is -0.0594. The number of nitrogens with zero attached hydrogens (tertiary/aromatic N) is 3. The summed E-state index contributed by atoms with van der Waals surface area (Å²) in [6, 6.07) is 5.97. The second-order valence-corrected chi connectivity index (χ2v) is 9.86. The Hall–Kier alpha value is -2.08. The predicted octanol–water partition coefficient (Wildman–Crippen LogP) is 3.43. The smallest absolute Gasteiger partial charge is 0.226 e. The summed E-state index contributed by atoms with van der Waals surface area (Å²) in [5, 5.41) is 3.02. The van der Waals surface area contributed by atoms with Crippen LogP contribution in [0.25, 0.3) is 0 Å². The zero-order chi connectivity index (χ0) is 21.8. The Morgan fingerprint density at radius 1 is 1.07 bits per heavy atom. The predicted molar refractivity (Wildman–Crippen MR) is 120 cm³/mol. The van der Waals surface area contributed by atoms with Gasteiger partial charge in [0.2, 0.25) is 11.8 Å². The fourth-order valence-electron chi connectivity index (χ4n) is 3.30. The Balaban J connectivity index is 2.22. The zero-order valence-corrected chi connectivity index (χ0v) is 19.2. The third-order valence-electron chi connectivity index (χ3n) is 4.95. The largest absolute Gasteiger partial charge is 0.377 e. The zero-order valence-electron chi connectivity index (χ0n) is 19.2. The molecule has 0 aliphatic heterocycles. The minimum Gasteiger partial charge on any atom is -0.377 e. The number of benzene rings is 1. The van der Waals surface area contributed by atoms with Crippen LogP contribution in [0, 0.1) is 11.3 Å². The van der Waals surface area contributed by atoms with Crippen molar-refractivity contribution in [3.63, 3.8) is 0 Å². The van der Waals surface area contributed by atoms with Gasteiger partial charge in [-0.3, -0.25) is 9.59 Å². The van der Waals surface area contributed by atoms with E-state index in [0.29, 0.717) is 19.5 Å². The molecule has 0 unspecified atom stereocenters. The van der Waals surface area contributed by atoms with E-state index in [1.165, 1.54) is 0 Å². The number of hydrogen-bond acceptors (Lipinski definition) is 4. The maximum Gasteiger partial charge on any atom is 0.226 e. The molecule has 0 saturated heterocycles. The number of anilines is 2. The second-order valence-electron chi connectivity index (χ2n) is 9.86. The first-order chi connectivity index (χ1) is 13.5. The molecule has 2 amide bonds. The van der Waals surface area contributed by atoms with Crippen molar-refractivity contribution in [2.75, 3.05) is 51.5 Å². The van der Waals surface area contributed by atoms with Crippen molar-refractivity contribution >= 4 is 23.2 Å². The number of nitrogens with one attached hydrogen (secondary N) is 1. The van der Waals surface area contributed by atoms with Gasteiger partial charge in [-0.25, -0.2) is 0 Å². The van der Waals surface area contributed by atoms with E-state index in [2.05, 4.69) is 35.9 Å². The van der Waals surface area contributed by atoms with Gasteiger partial charge in [-0.05, 0) is 56.1 Å². The van der Waals surface area contributed by atoms with E-state index in [0.717, 1.165) is 36.3 Å². The van der Waals surface area contributed by atoms with Crippen molar-refractivity contribution in [3.8, 4) is 0 Å². The molecule has 1 fully saturated rings. The van der Waals surface area contributed by atoms with Gasteiger partial charge in [0.15, 0.2) is 0 Å². The van der Waals surface area contributed by atoms with E-state index in [4.69, 9.17) is 0 Å². The quantitative estimate of drug-likeness (QED) is 0.688. The maximum atomic E-state index is 12.8. The lowest BCUT2D eigenvalue weighted by Gasteiger charge is -2.27. The molecule has 1 aliphatic rings. The van der Waals surface area contributed by atoms with E-state index in [1.807, 2.05) is 51.3 Å². The molecule has 6 nitrogen and oxygen atoms in total. The Labute approximate surface area is 176 Å². The van der Waals surface area contributed by atoms with E-state index >= 15 is 0 Å². The SMILES string of the molecule is CN(C)CCN(Cc1cc(NC(=O)CC(C)(C)C)ccc1N(C)C)C(=O)C1CC1. The lowest BCUT2D eigenvalue weighted by Crippen LogP contribution is -2.37. The van der Waals surface area contributed by atoms with Crippen molar-refractivity contribution < 1.29 is 9.59 Å². The molecule has 1 N–H and O–H groups in total. The average Bonchev–Trinajstić information content (AvgIpc) is 3.40. The Kier molecular flexibility index (Phi) is 7.69. The van der Waals surface area contributed by atoms with E-state index in [9.17, 15) is 9.59 Å². The maximum absolute atomic E-state index is 12.8. The van der Waals surface area contributed by atoms with Gasteiger partial charge >= 0.3 is 0 Å². The van der Waals surface area contributed by atoms with E-state index < -0.39 is 0 Å². The first kappa shape index (κ1) is 23.2. The molecule has 0 atom stereocenters. The molecule has 2 rings (SSSR count). The van der Waals surface area contributed by atoms with Gasteiger partial charge in [-0.15, -0.1) is 0 Å². The molecule has 0 bridgehead atoms. The number of hydrogen-bond donors (Lipinski definition) is 1. The summed E-state index contributed by atoms with van der Waals surface area (Å²) in [7, 11) is 8.06. The fourth-order valence-corrected chi connectivity index (χ4v) is 3.30. The number of likely N-dealkylation sites (N-methyl/N-ethyl adjacent to an activating group) is 1. The van der Waals surface area contributed by atoms with Gasteiger partial charge in [-0.2, -0.15) is 0 Å². The monoisotopic (exact) mass is 402 g/mol. The van der Waals surface area contributed by atoms with Crippen LogP contribution in [-0.4, -0.2) is 62.9 Å². The second kappa shape index (κ2) is 9.61. The van der Waals surface area contributed by atoms with Crippen LogP contribution in [0.3, 0.4) is 0 Å². The third-order valence-corrected chi connectivity index (χ3v) is 4.95. The van der Waals surface area contributed by atoms with Crippen LogP contribution in [-0.2, 0) is 16.1 Å². The minimum absolute atomic E-state index is 0.0135. The molecule has 1 aromatic carbocycles. The highest BCUT2D eigenvalue weighted by atomic mass is 16.2. The van der Waals surface area contributed by atoms with Gasteiger partial charge in [0, 0.05) is 57.4 Å². The molecule has 0 heterocycles. The fraction of sp³-hybridized carbons (Fsp3) is 0.652. The van der Waals surface area contributed by atoms with Crippen LogP contribution in [0.15, 0.2) is 18.2 Å². The van der Waals surface area contributed by atoms with Gasteiger partial charge in [0.25, 0.3) is 0 Å². The highest BCUT2D eigenvalue weighted by Crippen LogP contribution is 2.32. The normalized spacial score (nSPS) is 14.1. The Morgan fingerprint density at radius 3 is 2.24 bits per heavy atom. The van der Waals surface area contributed by atoms with Gasteiger partial charge < -0.3 is 20.0 Å². The molecule has 0 radical (unpaired) electrons. The van der Waals surface area contributed by atoms with Crippen LogP contribution < -0.4 is 10.2 Å². The standard InChI is InChI=1S/C23H38N4O2/c1-23(2,3)15-21(28)24-19-10-11-20(26(6)7)18(14-19)16-27(13-12-25(4)5)22(29)17-8-9-17/h10-11,14,17H,8-9,12-13,15-16H2,1-7H3,(H,24,28). The topological polar surface area (TPSA) is 55.9 Å². The van der Waals surface area contributed by atoms with Crippen LogP contribution in [0.5, 0.6) is 0 Å². The van der Waals surface area contributed by atoms with E-state index in [-0.39, 0.29) is 23.1 Å². The van der Waals surface area contributed by atoms with Gasteiger partial charge in [-0.1, -0.05) is 20.8 Å². The van der Waals surface area contributed by atoms with Crippen LogP contribution in [0.2, 0.25) is 0 Å². The summed E-state index contributed by atoms with van der Waals surface area (Å²) in [4.78, 5) is 31.3. The summed E-state index contributed by atoms with van der Waals surface area (Å²) in [6.45, 7) is 8.26. The number of rotatable bonds is 9. The molecule has 29 heavy (non-hydrogen) atoms. The molecule has 1 aliphatic carbocycles. The molecule has 6 heteroatoms. The van der Waals surface area contributed by atoms with Crippen LogP contribution in [0.1, 0.15) is 45.6 Å². The summed E-state index contributed by atoms with van der Waals surface area (Å²) in [5.41, 5.74) is 2.84. The molecular formula is C23H38N4O2. The van der Waals surface area contributed by atoms with Crippen molar-refractivity contribution in [2.24, 2.45) is 11.3 Å². The summed E-state index contributed by atoms with van der Waals surface area (Å²) >= 11 is 0. The lowest BCUT2D eigenvalue weighted by atomic mass is 9.92. The molecule has 1 saturated carbocycles. The molecule has 0 spiro atoms. The number of amides is 2. The first-order valence-electron chi connectivity index (χ1n) is 10.5. The summed E-state index contributed by atoms with van der Waals surface area (Å²) in [6.07, 6.45) is 2.47. The van der Waals surface area contributed by atoms with Crippen LogP contribution >= 0.6 is 0 Å². The van der Waals surface area contributed by atoms with E-state index in [1.54, 1.807) is 0 Å². The molecule has 1 aromatic rings. The van der Waals surface area contributed by atoms with Crippen LogP contribution in [0.4, 0.5) is 11.4 Å². The number of carbonyl (C=O) groups is 2. The van der Waals surface area contributed by atoms with Gasteiger partial charge in [0.05, 0.1) is 0 Å². The lowest BCUT2D eigenvalue weighted by molar-refractivity contribution is -0.133. The van der Waals surface area contributed by atoms with Gasteiger partial charge in [0.1, 0.15) is 0 Å². The first-order valence-corrected chi connectivity index (χ1v) is 10.5. The highest BCUT2D eigenvalue weighted by Gasteiger charge is 2.33. The molecule has 162 valence electrons. The molecule has 0 aromatic heterocycles. The van der Waals surface area contributed by atoms with Crippen molar-refractivity contribution in [3.05, 3.63) is 23.8 Å². The average molecular weight is 403 g/mol. The summed E-state index contributed by atoms with van der Waals surface area (Å²) in [5.74, 6) is 0.452. The highest BCUT2D eigenvalue weighted by molar-refractivity contribution is 5.91. The molecular weight excluding hydrogens is 364 g/mol. The number of carbonyl (C=O) groups excluding carboxylic acids is 2.